The molecule has 0 fully saturated rings. The third-order valence-electron chi connectivity index (χ3n) is 2.90. The van der Waals surface area contributed by atoms with Gasteiger partial charge in [-0.05, 0) is 18.6 Å². The molecule has 2 heterocycles. The SMILES string of the molecule is CCCc1nc(C(=O)O)nn1-c1c(Cl)ccc2nsnc12. The van der Waals surface area contributed by atoms with Gasteiger partial charge >= 0.3 is 5.97 Å². The van der Waals surface area contributed by atoms with Crippen molar-refractivity contribution in [1.82, 2.24) is 23.5 Å². The lowest BCUT2D eigenvalue weighted by Crippen LogP contribution is -2.05. The van der Waals surface area contributed by atoms with Crippen molar-refractivity contribution < 1.29 is 9.90 Å². The molecule has 2 aromatic heterocycles. The Labute approximate surface area is 128 Å². The molecule has 0 unspecified atom stereocenters. The van der Waals surface area contributed by atoms with Crippen LogP contribution in [0, 0.1) is 0 Å². The molecule has 21 heavy (non-hydrogen) atoms. The first kappa shape index (κ1) is 13.9. The molecule has 0 aliphatic rings. The molecular weight excluding hydrogens is 314 g/mol. The van der Waals surface area contributed by atoms with Crippen molar-refractivity contribution in [3.63, 3.8) is 0 Å². The quantitative estimate of drug-likeness (QED) is 0.793. The van der Waals surface area contributed by atoms with Gasteiger partial charge in [0.2, 0.25) is 0 Å². The average Bonchev–Trinajstić information content (AvgIpc) is 3.06. The summed E-state index contributed by atoms with van der Waals surface area (Å²) in [6, 6.07) is 3.46. The number of carboxylic acids is 1. The van der Waals surface area contributed by atoms with Crippen molar-refractivity contribution in [2.45, 2.75) is 19.8 Å². The fraction of sp³-hybridized carbons (Fsp3) is 0.250. The zero-order chi connectivity index (χ0) is 15.0. The van der Waals surface area contributed by atoms with E-state index in [9.17, 15) is 4.79 Å². The number of aryl methyl sites for hydroxylation is 1. The number of nitrogens with zero attached hydrogens (tertiary/aromatic N) is 5. The molecule has 0 saturated carbocycles. The normalized spacial score (nSPS) is 11.1. The molecular formula is C12H10ClN5O2S. The van der Waals surface area contributed by atoms with E-state index < -0.39 is 5.97 Å². The number of rotatable bonds is 4. The van der Waals surface area contributed by atoms with Gasteiger partial charge in [0.25, 0.3) is 5.82 Å². The highest BCUT2D eigenvalue weighted by atomic mass is 35.5. The molecule has 0 amide bonds. The third-order valence-corrected chi connectivity index (χ3v) is 3.75. The van der Waals surface area contributed by atoms with Crippen molar-refractivity contribution in [3.8, 4) is 5.69 Å². The highest BCUT2D eigenvalue weighted by Crippen LogP contribution is 2.29. The Hall–Kier alpha value is -2.06. The van der Waals surface area contributed by atoms with Crippen LogP contribution in [0.2, 0.25) is 5.02 Å². The monoisotopic (exact) mass is 323 g/mol. The summed E-state index contributed by atoms with van der Waals surface area (Å²) in [4.78, 5) is 15.2. The summed E-state index contributed by atoms with van der Waals surface area (Å²) in [6.45, 7) is 1.98. The van der Waals surface area contributed by atoms with Gasteiger partial charge in [0.1, 0.15) is 22.5 Å². The molecule has 0 spiro atoms. The van der Waals surface area contributed by atoms with E-state index in [0.717, 1.165) is 18.1 Å². The van der Waals surface area contributed by atoms with Crippen LogP contribution in [0.1, 0.15) is 29.8 Å². The van der Waals surface area contributed by atoms with E-state index in [0.29, 0.717) is 34.0 Å². The van der Waals surface area contributed by atoms with E-state index in [1.54, 1.807) is 12.1 Å². The molecule has 0 aliphatic carbocycles. The van der Waals surface area contributed by atoms with E-state index in [-0.39, 0.29) is 5.82 Å². The molecule has 0 aliphatic heterocycles. The summed E-state index contributed by atoms with van der Waals surface area (Å²) >= 11 is 7.32. The van der Waals surface area contributed by atoms with Crippen LogP contribution in [0.5, 0.6) is 0 Å². The van der Waals surface area contributed by atoms with Crippen molar-refractivity contribution in [2.75, 3.05) is 0 Å². The van der Waals surface area contributed by atoms with Crippen LogP contribution in [0.15, 0.2) is 12.1 Å². The van der Waals surface area contributed by atoms with Crippen LogP contribution in [-0.2, 0) is 6.42 Å². The van der Waals surface area contributed by atoms with Gasteiger partial charge in [-0.3, -0.25) is 0 Å². The topological polar surface area (TPSA) is 93.8 Å². The molecule has 7 nitrogen and oxygen atoms in total. The molecule has 108 valence electrons. The summed E-state index contributed by atoms with van der Waals surface area (Å²) in [5, 5.41) is 13.6. The minimum Gasteiger partial charge on any atom is -0.475 e. The second-order valence-electron chi connectivity index (χ2n) is 4.35. The van der Waals surface area contributed by atoms with Crippen LogP contribution in [0.25, 0.3) is 16.7 Å². The van der Waals surface area contributed by atoms with Crippen molar-refractivity contribution in [3.05, 3.63) is 28.8 Å². The van der Waals surface area contributed by atoms with Crippen molar-refractivity contribution >= 4 is 40.3 Å². The third kappa shape index (κ3) is 2.36. The van der Waals surface area contributed by atoms with E-state index >= 15 is 0 Å². The molecule has 0 bridgehead atoms. The van der Waals surface area contributed by atoms with Gasteiger partial charge in [-0.25, -0.2) is 14.5 Å². The van der Waals surface area contributed by atoms with Gasteiger partial charge in [0.15, 0.2) is 0 Å². The largest absolute Gasteiger partial charge is 0.475 e. The summed E-state index contributed by atoms with van der Waals surface area (Å²) in [6.07, 6.45) is 1.39. The van der Waals surface area contributed by atoms with Gasteiger partial charge in [-0.15, -0.1) is 5.10 Å². The molecule has 3 aromatic rings. The first-order chi connectivity index (χ1) is 10.1. The molecule has 0 radical (unpaired) electrons. The highest BCUT2D eigenvalue weighted by Gasteiger charge is 2.20. The lowest BCUT2D eigenvalue weighted by molar-refractivity contribution is 0.0683. The Morgan fingerprint density at radius 3 is 2.95 bits per heavy atom. The molecule has 1 N–H and O–H groups in total. The van der Waals surface area contributed by atoms with Crippen LogP contribution >= 0.6 is 23.3 Å². The van der Waals surface area contributed by atoms with Crippen LogP contribution < -0.4 is 0 Å². The van der Waals surface area contributed by atoms with Gasteiger partial charge in [0, 0.05) is 6.42 Å². The van der Waals surface area contributed by atoms with Crippen LogP contribution in [0.4, 0.5) is 0 Å². The Morgan fingerprint density at radius 2 is 2.24 bits per heavy atom. The molecule has 9 heteroatoms. The first-order valence-electron chi connectivity index (χ1n) is 6.22. The van der Waals surface area contributed by atoms with Gasteiger partial charge < -0.3 is 5.11 Å². The zero-order valence-electron chi connectivity index (χ0n) is 10.9. The standard InChI is InChI=1S/C12H10ClN5O2S/c1-2-3-8-14-11(12(19)20)15-18(8)10-6(13)4-5-7-9(10)17-21-16-7/h4-5H,2-3H2,1H3,(H,19,20). The Balaban J connectivity index is 2.28. The number of aromatic nitrogens is 5. The lowest BCUT2D eigenvalue weighted by atomic mass is 10.2. The maximum absolute atomic E-state index is 11.1. The summed E-state index contributed by atoms with van der Waals surface area (Å²) < 4.78 is 9.84. The lowest BCUT2D eigenvalue weighted by Gasteiger charge is -2.07. The van der Waals surface area contributed by atoms with Crippen molar-refractivity contribution in [2.24, 2.45) is 0 Å². The van der Waals surface area contributed by atoms with E-state index in [1.807, 2.05) is 6.92 Å². The van der Waals surface area contributed by atoms with E-state index in [4.69, 9.17) is 16.7 Å². The fourth-order valence-electron chi connectivity index (χ4n) is 2.01. The molecule has 1 aromatic carbocycles. The van der Waals surface area contributed by atoms with E-state index in [1.165, 1.54) is 4.68 Å². The number of hydrogen-bond donors (Lipinski definition) is 1. The van der Waals surface area contributed by atoms with Crippen molar-refractivity contribution in [1.29, 1.82) is 0 Å². The Morgan fingerprint density at radius 1 is 1.43 bits per heavy atom. The second-order valence-corrected chi connectivity index (χ2v) is 5.28. The number of fused-ring (bicyclic) bond motifs is 1. The van der Waals surface area contributed by atoms with E-state index in [2.05, 4.69) is 18.8 Å². The Bertz CT molecular complexity index is 828. The number of benzene rings is 1. The van der Waals surface area contributed by atoms with Gasteiger partial charge in [0.05, 0.1) is 16.8 Å². The number of carboxylic acid groups (broad SMARTS) is 1. The molecule has 0 saturated heterocycles. The van der Waals surface area contributed by atoms with Gasteiger partial charge in [-0.1, -0.05) is 18.5 Å². The van der Waals surface area contributed by atoms with Crippen LogP contribution in [-0.4, -0.2) is 34.6 Å². The maximum atomic E-state index is 11.1. The minimum atomic E-state index is -1.18. The molecule has 0 atom stereocenters. The predicted octanol–water partition coefficient (Wildman–Crippen LogP) is 2.58. The first-order valence-corrected chi connectivity index (χ1v) is 7.33. The Kier molecular flexibility index (Phi) is 3.56. The van der Waals surface area contributed by atoms with Crippen LogP contribution in [0.3, 0.4) is 0 Å². The predicted molar refractivity (Wildman–Crippen MR) is 78.3 cm³/mol. The number of hydrogen-bond acceptors (Lipinski definition) is 6. The average molecular weight is 324 g/mol. The molecule has 3 rings (SSSR count). The second kappa shape index (κ2) is 5.38. The zero-order valence-corrected chi connectivity index (χ0v) is 12.5. The van der Waals surface area contributed by atoms with Gasteiger partial charge in [-0.2, -0.15) is 8.75 Å². The minimum absolute atomic E-state index is 0.255. The summed E-state index contributed by atoms with van der Waals surface area (Å²) in [5.41, 5.74) is 1.80. The smallest absolute Gasteiger partial charge is 0.375 e. The summed E-state index contributed by atoms with van der Waals surface area (Å²) in [7, 11) is 0. The fourth-order valence-corrected chi connectivity index (χ4v) is 2.78. The number of carbonyl (C=O) groups is 1. The highest BCUT2D eigenvalue weighted by molar-refractivity contribution is 7.00. The number of aromatic carboxylic acids is 1. The maximum Gasteiger partial charge on any atom is 0.375 e. The number of halogens is 1. The summed E-state index contributed by atoms with van der Waals surface area (Å²) in [5.74, 6) is -0.891.